The van der Waals surface area contributed by atoms with Gasteiger partial charge in [-0.2, -0.15) is 0 Å². The molecule has 1 aliphatic rings. The van der Waals surface area contributed by atoms with Crippen LogP contribution in [0.5, 0.6) is 0 Å². The molecule has 0 saturated carbocycles. The van der Waals surface area contributed by atoms with Crippen molar-refractivity contribution in [1.82, 2.24) is 9.13 Å². The second kappa shape index (κ2) is 9.38. The van der Waals surface area contributed by atoms with Gasteiger partial charge in [0.1, 0.15) is 0 Å². The molecule has 8 rings (SSSR count). The molecule has 0 fully saturated rings. The van der Waals surface area contributed by atoms with Gasteiger partial charge in [0.15, 0.2) is 0 Å². The van der Waals surface area contributed by atoms with Gasteiger partial charge in [0.25, 0.3) is 0 Å². The van der Waals surface area contributed by atoms with Crippen molar-refractivity contribution < 1.29 is 0 Å². The minimum atomic E-state index is 1.03. The van der Waals surface area contributed by atoms with Gasteiger partial charge in [0.05, 0.1) is 27.8 Å². The van der Waals surface area contributed by atoms with E-state index in [1.807, 2.05) is 0 Å². The maximum atomic E-state index is 2.56. The summed E-state index contributed by atoms with van der Waals surface area (Å²) in [6.45, 7) is 4.47. The Morgan fingerprint density at radius 2 is 1.24 bits per heavy atom. The number of rotatable bonds is 4. The first-order valence-corrected chi connectivity index (χ1v) is 14.8. The monoisotopic (exact) mass is 528 g/mol. The average molecular weight is 529 g/mol. The van der Waals surface area contributed by atoms with E-state index in [0.717, 1.165) is 19.3 Å². The predicted molar refractivity (Wildman–Crippen MR) is 177 cm³/mol. The van der Waals surface area contributed by atoms with E-state index in [4.69, 9.17) is 0 Å². The molecule has 41 heavy (non-hydrogen) atoms. The Bertz CT molecular complexity index is 2240. The molecule has 2 aromatic heterocycles. The number of hydrogen-bond donors (Lipinski definition) is 0. The van der Waals surface area contributed by atoms with Gasteiger partial charge in [-0.3, -0.25) is 0 Å². The Hall–Kier alpha value is -4.82. The number of aromatic nitrogens is 2. The fourth-order valence-corrected chi connectivity index (χ4v) is 6.98. The quantitative estimate of drug-likeness (QED) is 0.215. The summed E-state index contributed by atoms with van der Waals surface area (Å²) in [5.74, 6) is 0. The lowest BCUT2D eigenvalue weighted by atomic mass is 9.95. The van der Waals surface area contributed by atoms with Gasteiger partial charge in [-0.25, -0.2) is 0 Å². The highest BCUT2D eigenvalue weighted by Crippen LogP contribution is 2.42. The van der Waals surface area contributed by atoms with Crippen LogP contribution in [0.25, 0.3) is 65.8 Å². The molecule has 0 radical (unpaired) electrons. The summed E-state index contributed by atoms with van der Waals surface area (Å²) in [6, 6.07) is 38.1. The van der Waals surface area contributed by atoms with Gasteiger partial charge in [-0.05, 0) is 73.1 Å². The molecule has 0 amide bonds. The van der Waals surface area contributed by atoms with Crippen molar-refractivity contribution >= 4 is 60.1 Å². The molecule has 2 nitrogen and oxygen atoms in total. The minimum Gasteiger partial charge on any atom is -0.312 e. The fourth-order valence-electron chi connectivity index (χ4n) is 6.98. The van der Waals surface area contributed by atoms with Gasteiger partial charge in [-0.15, -0.1) is 0 Å². The minimum absolute atomic E-state index is 1.03. The SMILES string of the molecule is CC/C=C\C1=C(n2c3ccccc3c3cc4c(cc32)c2ccccc2n4-c2cccc3ccccc23)CCC=C1C. The van der Waals surface area contributed by atoms with E-state index in [2.05, 4.69) is 144 Å². The molecule has 5 aromatic carbocycles. The maximum absolute atomic E-state index is 2.56. The molecular weight excluding hydrogens is 496 g/mol. The number of hydrogen-bond acceptors (Lipinski definition) is 0. The molecular formula is C39H32N2. The standard InChI is InChI=1S/C39H32N2/c1-3-4-16-28-26(2)13-11-22-34(28)40-36-20-9-7-18-30(36)32-25-39-33(24-38(32)40)31-19-8-10-21-37(31)41(39)35-23-12-15-27-14-5-6-17-29(27)35/h4-10,12-21,23-25H,3,11,22H2,1-2H3/b16-4-. The number of allylic oxidation sites excluding steroid dienone is 6. The molecule has 0 saturated heterocycles. The molecule has 0 atom stereocenters. The average Bonchev–Trinajstić information content (AvgIpc) is 3.51. The molecule has 0 aliphatic heterocycles. The Morgan fingerprint density at radius 3 is 1.98 bits per heavy atom. The Kier molecular flexibility index (Phi) is 5.50. The third-order valence-electron chi connectivity index (χ3n) is 8.83. The van der Waals surface area contributed by atoms with Crippen molar-refractivity contribution in [2.45, 2.75) is 33.1 Å². The van der Waals surface area contributed by atoms with E-state index in [-0.39, 0.29) is 0 Å². The van der Waals surface area contributed by atoms with E-state index in [9.17, 15) is 0 Å². The van der Waals surface area contributed by atoms with Crippen molar-refractivity contribution in [3.05, 3.63) is 133 Å². The number of benzene rings is 5. The summed E-state index contributed by atoms with van der Waals surface area (Å²) < 4.78 is 5.03. The van der Waals surface area contributed by atoms with Crippen LogP contribution in [0.2, 0.25) is 0 Å². The molecule has 0 unspecified atom stereocenters. The summed E-state index contributed by atoms with van der Waals surface area (Å²) in [7, 11) is 0. The Morgan fingerprint density at radius 1 is 0.634 bits per heavy atom. The summed E-state index contributed by atoms with van der Waals surface area (Å²) in [4.78, 5) is 0. The number of nitrogens with zero attached hydrogens (tertiary/aromatic N) is 2. The lowest BCUT2D eigenvalue weighted by Crippen LogP contribution is -2.05. The van der Waals surface area contributed by atoms with E-state index in [1.165, 1.54) is 76.9 Å². The van der Waals surface area contributed by atoms with Crippen molar-refractivity contribution in [3.8, 4) is 5.69 Å². The molecule has 1 aliphatic carbocycles. The van der Waals surface area contributed by atoms with E-state index in [0.29, 0.717) is 0 Å². The maximum Gasteiger partial charge on any atom is 0.0549 e. The first-order valence-electron chi connectivity index (χ1n) is 14.8. The van der Waals surface area contributed by atoms with Gasteiger partial charge in [-0.1, -0.05) is 97.9 Å². The van der Waals surface area contributed by atoms with E-state index >= 15 is 0 Å². The van der Waals surface area contributed by atoms with Gasteiger partial charge in [0, 0.05) is 32.6 Å². The third kappa shape index (κ3) is 3.57. The molecule has 198 valence electrons. The molecule has 0 bridgehead atoms. The summed E-state index contributed by atoms with van der Waals surface area (Å²) in [5, 5.41) is 7.71. The summed E-state index contributed by atoms with van der Waals surface area (Å²) in [6.07, 6.45) is 10.2. The zero-order valence-electron chi connectivity index (χ0n) is 23.6. The first-order chi connectivity index (χ1) is 20.2. The third-order valence-corrected chi connectivity index (χ3v) is 8.83. The first kappa shape index (κ1) is 24.0. The van der Waals surface area contributed by atoms with Crippen LogP contribution in [0.4, 0.5) is 0 Å². The largest absolute Gasteiger partial charge is 0.312 e. The van der Waals surface area contributed by atoms with Crippen LogP contribution in [-0.2, 0) is 0 Å². The molecule has 2 heterocycles. The van der Waals surface area contributed by atoms with Gasteiger partial charge < -0.3 is 9.13 Å². The Balaban J connectivity index is 1.54. The molecule has 0 N–H and O–H groups in total. The normalized spacial score (nSPS) is 14.4. The number of para-hydroxylation sites is 2. The van der Waals surface area contributed by atoms with Crippen LogP contribution in [-0.4, -0.2) is 9.13 Å². The Labute approximate surface area is 240 Å². The highest BCUT2D eigenvalue weighted by Gasteiger charge is 2.22. The second-order valence-electron chi connectivity index (χ2n) is 11.2. The van der Waals surface area contributed by atoms with Crippen LogP contribution < -0.4 is 0 Å². The smallest absolute Gasteiger partial charge is 0.0549 e. The van der Waals surface area contributed by atoms with E-state index < -0.39 is 0 Å². The van der Waals surface area contributed by atoms with Crippen molar-refractivity contribution in [3.63, 3.8) is 0 Å². The van der Waals surface area contributed by atoms with Gasteiger partial charge in [0.2, 0.25) is 0 Å². The van der Waals surface area contributed by atoms with Crippen molar-refractivity contribution in [1.29, 1.82) is 0 Å². The molecule has 7 aromatic rings. The highest BCUT2D eigenvalue weighted by atomic mass is 15.0. The van der Waals surface area contributed by atoms with Gasteiger partial charge >= 0.3 is 0 Å². The van der Waals surface area contributed by atoms with Crippen molar-refractivity contribution in [2.24, 2.45) is 0 Å². The van der Waals surface area contributed by atoms with Crippen LogP contribution >= 0.6 is 0 Å². The number of fused-ring (bicyclic) bond motifs is 7. The zero-order valence-corrected chi connectivity index (χ0v) is 23.6. The lowest BCUT2D eigenvalue weighted by Gasteiger charge is -2.21. The zero-order chi connectivity index (χ0) is 27.5. The second-order valence-corrected chi connectivity index (χ2v) is 11.2. The van der Waals surface area contributed by atoms with E-state index in [1.54, 1.807) is 0 Å². The van der Waals surface area contributed by atoms with Crippen LogP contribution in [0.1, 0.15) is 33.1 Å². The highest BCUT2D eigenvalue weighted by molar-refractivity contribution is 6.19. The van der Waals surface area contributed by atoms with Crippen LogP contribution in [0.15, 0.2) is 133 Å². The molecule has 2 heteroatoms. The molecule has 0 spiro atoms. The fraction of sp³-hybridized carbons (Fsp3) is 0.128. The van der Waals surface area contributed by atoms with Crippen LogP contribution in [0.3, 0.4) is 0 Å². The summed E-state index contributed by atoms with van der Waals surface area (Å²) in [5.41, 5.74) is 10.4. The lowest BCUT2D eigenvalue weighted by molar-refractivity contribution is 0.951. The predicted octanol–water partition coefficient (Wildman–Crippen LogP) is 11.0. The summed E-state index contributed by atoms with van der Waals surface area (Å²) >= 11 is 0. The van der Waals surface area contributed by atoms with Crippen molar-refractivity contribution in [2.75, 3.05) is 0 Å². The van der Waals surface area contributed by atoms with Crippen LogP contribution in [0, 0.1) is 0 Å². The topological polar surface area (TPSA) is 9.86 Å².